The minimum Gasteiger partial charge on any atom is -0.385 e. The van der Waals surface area contributed by atoms with Crippen molar-refractivity contribution < 1.29 is 9.53 Å². The topological polar surface area (TPSA) is 67.3 Å². The molecule has 6 nitrogen and oxygen atoms in total. The number of aromatic nitrogens is 2. The Bertz CT molecular complexity index is 720. The van der Waals surface area contributed by atoms with Gasteiger partial charge in [-0.05, 0) is 37.5 Å². The molecule has 0 radical (unpaired) electrons. The van der Waals surface area contributed by atoms with Gasteiger partial charge in [0.05, 0.1) is 0 Å². The van der Waals surface area contributed by atoms with E-state index in [1.165, 1.54) is 5.56 Å². The number of benzene rings is 1. The van der Waals surface area contributed by atoms with E-state index in [-0.39, 0.29) is 11.9 Å². The number of hydrogen-bond donors (Lipinski definition) is 1. The van der Waals surface area contributed by atoms with Crippen LogP contribution in [-0.4, -0.2) is 42.2 Å². The molecule has 2 heterocycles. The fourth-order valence-corrected chi connectivity index (χ4v) is 2.98. The predicted octanol–water partition coefficient (Wildman–Crippen LogP) is 2.52. The third-order valence-electron chi connectivity index (χ3n) is 4.11. The third-order valence-corrected chi connectivity index (χ3v) is 4.11. The molecule has 1 aromatic heterocycles. The van der Waals surface area contributed by atoms with Crippen molar-refractivity contribution in [3.05, 3.63) is 47.8 Å². The van der Waals surface area contributed by atoms with Gasteiger partial charge in [-0.3, -0.25) is 4.79 Å². The number of nitrogens with one attached hydrogen (secondary N) is 1. The van der Waals surface area contributed by atoms with Gasteiger partial charge in [0, 0.05) is 38.2 Å². The van der Waals surface area contributed by atoms with E-state index in [1.54, 1.807) is 19.4 Å². The Labute approximate surface area is 141 Å². The van der Waals surface area contributed by atoms with Crippen LogP contribution in [0.5, 0.6) is 0 Å². The van der Waals surface area contributed by atoms with Crippen LogP contribution in [0.2, 0.25) is 0 Å². The summed E-state index contributed by atoms with van der Waals surface area (Å²) in [4.78, 5) is 23.3. The largest absolute Gasteiger partial charge is 0.385 e. The van der Waals surface area contributed by atoms with Crippen LogP contribution in [0.1, 0.15) is 29.4 Å². The van der Waals surface area contributed by atoms with Gasteiger partial charge in [-0.25, -0.2) is 9.97 Å². The average Bonchev–Trinajstić information content (AvgIpc) is 2.94. The first-order valence-corrected chi connectivity index (χ1v) is 8.18. The van der Waals surface area contributed by atoms with Crippen LogP contribution >= 0.6 is 0 Å². The molecule has 3 rings (SSSR count). The summed E-state index contributed by atoms with van der Waals surface area (Å²) in [6.45, 7) is 3.44. The summed E-state index contributed by atoms with van der Waals surface area (Å²) in [5.41, 5.74) is 2.58. The fraction of sp³-hybridized carbons (Fsp3) is 0.389. The standard InChI is InChI=1S/C18H22N4O2/c1-13-12-14-6-3-4-7-16(14)22(13)17(23)15-8-10-20-18(21-15)19-9-5-11-24-2/h3-4,6-8,10,13H,5,9,11-12H2,1-2H3,(H,19,20,21). The lowest BCUT2D eigenvalue weighted by molar-refractivity contribution is 0.0976. The van der Waals surface area contributed by atoms with Gasteiger partial charge < -0.3 is 15.0 Å². The summed E-state index contributed by atoms with van der Waals surface area (Å²) in [5, 5.41) is 3.12. The maximum atomic E-state index is 12.9. The van der Waals surface area contributed by atoms with Gasteiger partial charge in [0.2, 0.25) is 5.95 Å². The number of anilines is 2. The summed E-state index contributed by atoms with van der Waals surface area (Å²) in [6.07, 6.45) is 3.34. The highest BCUT2D eigenvalue weighted by Crippen LogP contribution is 2.32. The van der Waals surface area contributed by atoms with Gasteiger partial charge in [0.15, 0.2) is 0 Å². The van der Waals surface area contributed by atoms with E-state index in [1.807, 2.05) is 23.1 Å². The number of nitrogens with zero attached hydrogens (tertiary/aromatic N) is 3. The molecule has 1 aliphatic heterocycles. The molecule has 0 fully saturated rings. The van der Waals surface area contributed by atoms with E-state index < -0.39 is 0 Å². The smallest absolute Gasteiger partial charge is 0.277 e. The van der Waals surface area contributed by atoms with E-state index in [0.717, 1.165) is 18.5 Å². The zero-order valence-corrected chi connectivity index (χ0v) is 14.0. The lowest BCUT2D eigenvalue weighted by Gasteiger charge is -2.22. The van der Waals surface area contributed by atoms with Gasteiger partial charge in [0.1, 0.15) is 5.69 Å². The molecule has 24 heavy (non-hydrogen) atoms. The van der Waals surface area contributed by atoms with Crippen LogP contribution in [0, 0.1) is 0 Å². The van der Waals surface area contributed by atoms with E-state index in [4.69, 9.17) is 4.74 Å². The molecule has 1 aliphatic rings. The fourth-order valence-electron chi connectivity index (χ4n) is 2.98. The highest BCUT2D eigenvalue weighted by Gasteiger charge is 2.31. The van der Waals surface area contributed by atoms with Gasteiger partial charge in [0.25, 0.3) is 5.91 Å². The first-order valence-electron chi connectivity index (χ1n) is 8.18. The molecule has 126 valence electrons. The van der Waals surface area contributed by atoms with Crippen LogP contribution in [0.4, 0.5) is 11.6 Å². The van der Waals surface area contributed by atoms with Crippen molar-refractivity contribution in [3.8, 4) is 0 Å². The molecule has 1 unspecified atom stereocenters. The van der Waals surface area contributed by atoms with Crippen molar-refractivity contribution in [1.82, 2.24) is 9.97 Å². The second kappa shape index (κ2) is 7.40. The van der Waals surface area contributed by atoms with Gasteiger partial charge in [-0.2, -0.15) is 0 Å². The Morgan fingerprint density at radius 1 is 1.38 bits per heavy atom. The first-order chi connectivity index (χ1) is 11.7. The summed E-state index contributed by atoms with van der Waals surface area (Å²) < 4.78 is 5.01. The Kier molecular flexibility index (Phi) is 5.05. The molecule has 1 amide bonds. The maximum absolute atomic E-state index is 12.9. The number of carbonyl (C=O) groups is 1. The normalized spacial score (nSPS) is 16.1. The molecule has 2 aromatic rings. The molecule has 6 heteroatoms. The van der Waals surface area contributed by atoms with Crippen LogP contribution in [-0.2, 0) is 11.2 Å². The SMILES string of the molecule is COCCCNc1nccc(C(=O)N2c3ccccc3CC2C)n1. The Hall–Kier alpha value is -2.47. The molecule has 1 atom stereocenters. The molecule has 1 N–H and O–H groups in total. The van der Waals surface area contributed by atoms with Crippen molar-refractivity contribution in [1.29, 1.82) is 0 Å². The average molecular weight is 326 g/mol. The molecule has 0 saturated carbocycles. The van der Waals surface area contributed by atoms with Gasteiger partial charge >= 0.3 is 0 Å². The third kappa shape index (κ3) is 3.38. The first kappa shape index (κ1) is 16.4. The van der Waals surface area contributed by atoms with Gasteiger partial charge in [-0.1, -0.05) is 18.2 Å². The molecular weight excluding hydrogens is 304 g/mol. The van der Waals surface area contributed by atoms with Crippen LogP contribution < -0.4 is 10.2 Å². The minimum absolute atomic E-state index is 0.0882. The van der Waals surface area contributed by atoms with Crippen molar-refractivity contribution in [2.75, 3.05) is 30.5 Å². The lowest BCUT2D eigenvalue weighted by atomic mass is 10.1. The highest BCUT2D eigenvalue weighted by molar-refractivity contribution is 6.06. The quantitative estimate of drug-likeness (QED) is 0.826. The van der Waals surface area contributed by atoms with Crippen LogP contribution in [0.25, 0.3) is 0 Å². The second-order valence-electron chi connectivity index (χ2n) is 5.90. The minimum atomic E-state index is -0.0882. The lowest BCUT2D eigenvalue weighted by Crippen LogP contribution is -2.36. The molecule has 0 aliphatic carbocycles. The number of carbonyl (C=O) groups excluding carboxylic acids is 1. The van der Waals surface area contributed by atoms with Crippen LogP contribution in [0.3, 0.4) is 0 Å². The van der Waals surface area contributed by atoms with Crippen molar-refractivity contribution in [2.45, 2.75) is 25.8 Å². The number of para-hydroxylation sites is 1. The Morgan fingerprint density at radius 2 is 2.21 bits per heavy atom. The van der Waals surface area contributed by atoms with E-state index in [9.17, 15) is 4.79 Å². The van der Waals surface area contributed by atoms with E-state index in [2.05, 4.69) is 28.3 Å². The number of ether oxygens (including phenoxy) is 1. The molecule has 1 aromatic carbocycles. The number of methoxy groups -OCH3 is 1. The summed E-state index contributed by atoms with van der Waals surface area (Å²) in [5.74, 6) is 0.381. The van der Waals surface area contributed by atoms with Crippen molar-refractivity contribution >= 4 is 17.5 Å². The van der Waals surface area contributed by atoms with E-state index >= 15 is 0 Å². The predicted molar refractivity (Wildman–Crippen MR) is 93.4 cm³/mol. The summed E-state index contributed by atoms with van der Waals surface area (Å²) in [7, 11) is 1.67. The zero-order chi connectivity index (χ0) is 16.9. The monoisotopic (exact) mass is 326 g/mol. The van der Waals surface area contributed by atoms with Crippen LogP contribution in [0.15, 0.2) is 36.5 Å². The summed E-state index contributed by atoms with van der Waals surface area (Å²) in [6, 6.07) is 9.81. The highest BCUT2D eigenvalue weighted by atomic mass is 16.5. The molecule has 0 bridgehead atoms. The summed E-state index contributed by atoms with van der Waals surface area (Å²) >= 11 is 0. The van der Waals surface area contributed by atoms with Gasteiger partial charge in [-0.15, -0.1) is 0 Å². The molecule has 0 saturated heterocycles. The molecular formula is C18H22N4O2. The number of fused-ring (bicyclic) bond motifs is 1. The number of hydrogen-bond acceptors (Lipinski definition) is 5. The number of amides is 1. The van der Waals surface area contributed by atoms with E-state index in [0.29, 0.717) is 24.8 Å². The Morgan fingerprint density at radius 3 is 3.04 bits per heavy atom. The maximum Gasteiger partial charge on any atom is 0.277 e. The van der Waals surface area contributed by atoms with Crippen molar-refractivity contribution in [3.63, 3.8) is 0 Å². The molecule has 0 spiro atoms. The van der Waals surface area contributed by atoms with Crippen molar-refractivity contribution in [2.24, 2.45) is 0 Å². The second-order valence-corrected chi connectivity index (χ2v) is 5.90. The Balaban J connectivity index is 1.76. The number of rotatable bonds is 6. The zero-order valence-electron chi connectivity index (χ0n) is 14.0.